The van der Waals surface area contributed by atoms with Crippen molar-refractivity contribution in [1.29, 1.82) is 0 Å². The summed E-state index contributed by atoms with van der Waals surface area (Å²) >= 11 is 0. The molecular formula is C29H27NO6S2. The molecule has 9 heteroatoms. The van der Waals surface area contributed by atoms with Crippen LogP contribution in [-0.2, 0) is 30.9 Å². The first-order chi connectivity index (χ1) is 17.8. The van der Waals surface area contributed by atoms with E-state index in [4.69, 9.17) is 0 Å². The zero-order valence-electron chi connectivity index (χ0n) is 21.1. The van der Waals surface area contributed by atoms with Crippen LogP contribution in [0.2, 0.25) is 0 Å². The molecule has 0 radical (unpaired) electrons. The number of hydrogen-bond donors (Lipinski definition) is 1. The van der Waals surface area contributed by atoms with Crippen LogP contribution in [0.5, 0.6) is 0 Å². The normalized spacial score (nSPS) is 13.4. The molecule has 0 aliphatic heterocycles. The highest BCUT2D eigenvalue weighted by molar-refractivity contribution is 7.91. The number of nitrogens with zero attached hydrogens (tertiary/aromatic N) is 1. The van der Waals surface area contributed by atoms with Gasteiger partial charge in [-0.25, -0.2) is 21.6 Å². The van der Waals surface area contributed by atoms with Gasteiger partial charge in [0.05, 0.1) is 21.2 Å². The second kappa shape index (κ2) is 10.5. The Morgan fingerprint density at radius 3 is 2.29 bits per heavy atom. The van der Waals surface area contributed by atoms with Crippen molar-refractivity contribution in [2.45, 2.75) is 23.5 Å². The van der Waals surface area contributed by atoms with E-state index in [1.54, 1.807) is 19.2 Å². The first kappa shape index (κ1) is 27.2. The standard InChI is InChI=1S/C29H27NO6S2/c1-19(37(2,33)34)14-21-16-24-8-5-13-30-28(24)26(18-21)23-7-4-6-20(15-23)17-27(29(31)32)22-9-11-25(12-10-22)38(3,35)36/h4-13,15-19H,14H2,1-3H3,(H,31,32). The molecule has 196 valence electrons. The van der Waals surface area contributed by atoms with Crippen molar-refractivity contribution < 1.29 is 26.7 Å². The quantitative estimate of drug-likeness (QED) is 0.245. The molecule has 3 aromatic carbocycles. The Morgan fingerprint density at radius 2 is 1.66 bits per heavy atom. The molecule has 0 aliphatic carbocycles. The number of fused-ring (bicyclic) bond motifs is 1. The number of aromatic nitrogens is 1. The molecule has 38 heavy (non-hydrogen) atoms. The molecule has 0 spiro atoms. The van der Waals surface area contributed by atoms with Gasteiger partial charge in [-0.05, 0) is 78.1 Å². The third-order valence-electron chi connectivity index (χ3n) is 6.35. The lowest BCUT2D eigenvalue weighted by atomic mass is 9.95. The fraction of sp³-hybridized carbons (Fsp3) is 0.172. The van der Waals surface area contributed by atoms with Gasteiger partial charge in [0.1, 0.15) is 9.84 Å². The molecule has 7 nitrogen and oxygen atoms in total. The lowest BCUT2D eigenvalue weighted by Crippen LogP contribution is -2.18. The van der Waals surface area contributed by atoms with Crippen LogP contribution in [0.15, 0.2) is 83.9 Å². The fourth-order valence-corrected chi connectivity index (χ4v) is 5.31. The molecule has 0 amide bonds. The molecule has 1 heterocycles. The predicted octanol–water partition coefficient (Wildman–Crippen LogP) is 4.91. The molecule has 1 atom stereocenters. The number of rotatable bonds is 8. The van der Waals surface area contributed by atoms with Crippen LogP contribution in [0.1, 0.15) is 23.6 Å². The van der Waals surface area contributed by atoms with Gasteiger partial charge in [-0.2, -0.15) is 0 Å². The van der Waals surface area contributed by atoms with Gasteiger partial charge in [0.15, 0.2) is 9.84 Å². The summed E-state index contributed by atoms with van der Waals surface area (Å²) in [6.07, 6.45) is 5.90. The van der Waals surface area contributed by atoms with Crippen LogP contribution in [0.4, 0.5) is 0 Å². The molecule has 0 saturated heterocycles. The average Bonchev–Trinajstić information content (AvgIpc) is 2.86. The van der Waals surface area contributed by atoms with Crippen LogP contribution >= 0.6 is 0 Å². The summed E-state index contributed by atoms with van der Waals surface area (Å²) in [5.41, 5.74) is 4.24. The van der Waals surface area contributed by atoms with Gasteiger partial charge in [-0.1, -0.05) is 36.4 Å². The van der Waals surface area contributed by atoms with Crippen molar-refractivity contribution in [3.63, 3.8) is 0 Å². The van der Waals surface area contributed by atoms with E-state index < -0.39 is 30.9 Å². The minimum absolute atomic E-state index is 0.0147. The van der Waals surface area contributed by atoms with E-state index in [0.717, 1.165) is 33.8 Å². The maximum Gasteiger partial charge on any atom is 0.336 e. The van der Waals surface area contributed by atoms with Crippen LogP contribution in [0.25, 0.3) is 33.7 Å². The Kier molecular flexibility index (Phi) is 7.53. The van der Waals surface area contributed by atoms with Crippen LogP contribution in [0, 0.1) is 0 Å². The van der Waals surface area contributed by atoms with Crippen molar-refractivity contribution in [2.24, 2.45) is 0 Å². The molecular weight excluding hydrogens is 522 g/mol. The number of pyridine rings is 1. The van der Waals surface area contributed by atoms with Crippen LogP contribution in [0.3, 0.4) is 0 Å². The lowest BCUT2D eigenvalue weighted by molar-refractivity contribution is -0.130. The lowest BCUT2D eigenvalue weighted by Gasteiger charge is -2.14. The summed E-state index contributed by atoms with van der Waals surface area (Å²) in [7, 11) is -6.61. The number of aliphatic carboxylic acids is 1. The van der Waals surface area contributed by atoms with Crippen LogP contribution < -0.4 is 0 Å². The largest absolute Gasteiger partial charge is 0.478 e. The molecule has 1 unspecified atom stereocenters. The van der Waals surface area contributed by atoms with Gasteiger partial charge < -0.3 is 5.11 Å². The number of carboxylic acids is 1. The topological polar surface area (TPSA) is 118 Å². The van der Waals surface area contributed by atoms with E-state index in [0.29, 0.717) is 17.5 Å². The maximum absolute atomic E-state index is 12.1. The van der Waals surface area contributed by atoms with Crippen molar-refractivity contribution in [1.82, 2.24) is 4.98 Å². The van der Waals surface area contributed by atoms with E-state index in [9.17, 15) is 26.7 Å². The fourth-order valence-electron chi connectivity index (χ4n) is 4.19. The Morgan fingerprint density at radius 1 is 0.947 bits per heavy atom. The van der Waals surface area contributed by atoms with Gasteiger partial charge in [0.2, 0.25) is 0 Å². The molecule has 1 aromatic heterocycles. The van der Waals surface area contributed by atoms with E-state index in [1.807, 2.05) is 42.5 Å². The zero-order valence-corrected chi connectivity index (χ0v) is 22.8. The first-order valence-corrected chi connectivity index (χ1v) is 15.6. The van der Waals surface area contributed by atoms with E-state index >= 15 is 0 Å². The van der Waals surface area contributed by atoms with E-state index in [1.165, 1.54) is 36.6 Å². The molecule has 0 bridgehead atoms. The Labute approximate surface area is 222 Å². The first-order valence-electron chi connectivity index (χ1n) is 11.8. The summed E-state index contributed by atoms with van der Waals surface area (Å²) in [4.78, 5) is 16.8. The van der Waals surface area contributed by atoms with Crippen LogP contribution in [-0.4, -0.2) is 50.7 Å². The van der Waals surface area contributed by atoms with Gasteiger partial charge in [-0.15, -0.1) is 0 Å². The maximum atomic E-state index is 12.1. The number of hydrogen-bond acceptors (Lipinski definition) is 6. The van der Waals surface area contributed by atoms with Crippen molar-refractivity contribution in [2.75, 3.05) is 12.5 Å². The highest BCUT2D eigenvalue weighted by Gasteiger charge is 2.18. The van der Waals surface area contributed by atoms with Crippen molar-refractivity contribution in [3.05, 3.63) is 95.7 Å². The minimum atomic E-state index is -3.40. The predicted molar refractivity (Wildman–Crippen MR) is 150 cm³/mol. The minimum Gasteiger partial charge on any atom is -0.478 e. The third kappa shape index (κ3) is 6.17. The zero-order chi connectivity index (χ0) is 27.7. The Balaban J connectivity index is 1.80. The highest BCUT2D eigenvalue weighted by atomic mass is 32.2. The molecule has 4 rings (SSSR count). The molecule has 0 aliphatic rings. The Hall–Kier alpha value is -3.82. The molecule has 1 N–H and O–H groups in total. The third-order valence-corrected chi connectivity index (χ3v) is 9.11. The second-order valence-corrected chi connectivity index (χ2v) is 13.8. The van der Waals surface area contributed by atoms with Crippen molar-refractivity contribution in [3.8, 4) is 11.1 Å². The van der Waals surface area contributed by atoms with E-state index in [-0.39, 0.29) is 10.5 Å². The monoisotopic (exact) mass is 549 g/mol. The summed E-state index contributed by atoms with van der Waals surface area (Å²) < 4.78 is 47.6. The smallest absolute Gasteiger partial charge is 0.336 e. The van der Waals surface area contributed by atoms with Crippen molar-refractivity contribution >= 4 is 48.2 Å². The Bertz CT molecular complexity index is 1770. The number of sulfone groups is 2. The summed E-state index contributed by atoms with van der Waals surface area (Å²) in [6, 6.07) is 20.7. The molecule has 0 saturated carbocycles. The number of carbonyl (C=O) groups is 1. The number of benzene rings is 3. The average molecular weight is 550 g/mol. The second-order valence-electron chi connectivity index (χ2n) is 9.35. The molecule has 4 aromatic rings. The van der Waals surface area contributed by atoms with Gasteiger partial charge >= 0.3 is 5.97 Å². The highest BCUT2D eigenvalue weighted by Crippen LogP contribution is 2.31. The SMILES string of the molecule is CC(Cc1cc(-c2cccc(C=C(C(=O)O)c3ccc(S(C)(=O)=O)cc3)c2)c2ncccc2c1)S(C)(=O)=O. The summed E-state index contributed by atoms with van der Waals surface area (Å²) in [5, 5.41) is 10.2. The van der Waals surface area contributed by atoms with Gasteiger partial charge in [-0.3, -0.25) is 4.98 Å². The summed E-state index contributed by atoms with van der Waals surface area (Å²) in [6.45, 7) is 1.68. The van der Waals surface area contributed by atoms with Gasteiger partial charge in [0.25, 0.3) is 0 Å². The molecule has 0 fully saturated rings. The van der Waals surface area contributed by atoms with E-state index in [2.05, 4.69) is 4.98 Å². The summed E-state index contributed by atoms with van der Waals surface area (Å²) in [5.74, 6) is -1.15. The number of carboxylic acid groups (broad SMARTS) is 1. The van der Waals surface area contributed by atoms with Gasteiger partial charge in [0, 0.05) is 29.7 Å².